The van der Waals surface area contributed by atoms with Crippen molar-refractivity contribution in [3.8, 4) is 0 Å². The standard InChI is InChI=1S/C13H18N4S2/c1-17(2)10-4-5-14-12(6-10)15-8-13-16-7-11(19-13)9-18-3/h4-7H,8-9H2,1-3H3,(H,14,15). The van der Waals surface area contributed by atoms with Crippen LogP contribution in [-0.4, -0.2) is 30.3 Å². The van der Waals surface area contributed by atoms with Gasteiger partial charge in [0.15, 0.2) is 0 Å². The third-order valence-corrected chi connectivity index (χ3v) is 4.35. The summed E-state index contributed by atoms with van der Waals surface area (Å²) in [5.74, 6) is 1.92. The number of nitrogens with one attached hydrogen (secondary N) is 1. The average molecular weight is 294 g/mol. The van der Waals surface area contributed by atoms with Gasteiger partial charge in [-0.3, -0.25) is 0 Å². The molecule has 6 heteroatoms. The highest BCUT2D eigenvalue weighted by Gasteiger charge is 2.03. The number of hydrogen-bond donors (Lipinski definition) is 1. The van der Waals surface area contributed by atoms with Crippen molar-refractivity contribution < 1.29 is 0 Å². The SMILES string of the molecule is CSCc1cnc(CNc2cc(N(C)C)ccn2)s1. The van der Waals surface area contributed by atoms with Crippen LogP contribution in [0.15, 0.2) is 24.5 Å². The Hall–Kier alpha value is -1.27. The Kier molecular flexibility index (Phi) is 5.04. The van der Waals surface area contributed by atoms with Crippen LogP contribution < -0.4 is 10.2 Å². The van der Waals surface area contributed by atoms with Crippen LogP contribution in [0.4, 0.5) is 11.5 Å². The monoisotopic (exact) mass is 294 g/mol. The Bertz CT molecular complexity index is 525. The van der Waals surface area contributed by atoms with Crippen molar-refractivity contribution in [1.82, 2.24) is 9.97 Å². The van der Waals surface area contributed by atoms with Crippen LogP contribution in [-0.2, 0) is 12.3 Å². The van der Waals surface area contributed by atoms with E-state index in [9.17, 15) is 0 Å². The van der Waals surface area contributed by atoms with Crippen molar-refractivity contribution in [2.75, 3.05) is 30.6 Å². The summed E-state index contributed by atoms with van der Waals surface area (Å²) in [6, 6.07) is 4.03. The molecule has 0 spiro atoms. The first-order chi connectivity index (χ1) is 9.19. The zero-order valence-corrected chi connectivity index (χ0v) is 13.0. The summed E-state index contributed by atoms with van der Waals surface area (Å²) < 4.78 is 0. The number of pyridine rings is 1. The molecular weight excluding hydrogens is 276 g/mol. The van der Waals surface area contributed by atoms with Crippen molar-refractivity contribution in [2.45, 2.75) is 12.3 Å². The summed E-state index contributed by atoms with van der Waals surface area (Å²) in [4.78, 5) is 12.1. The highest BCUT2D eigenvalue weighted by atomic mass is 32.2. The maximum absolute atomic E-state index is 4.41. The van der Waals surface area contributed by atoms with Gasteiger partial charge in [0.1, 0.15) is 10.8 Å². The van der Waals surface area contributed by atoms with Crippen LogP contribution in [0.2, 0.25) is 0 Å². The van der Waals surface area contributed by atoms with Gasteiger partial charge in [-0.15, -0.1) is 11.3 Å². The molecule has 2 heterocycles. The number of thiazole rings is 1. The predicted octanol–water partition coefficient (Wildman–Crippen LogP) is 3.08. The van der Waals surface area contributed by atoms with Gasteiger partial charge >= 0.3 is 0 Å². The minimum absolute atomic E-state index is 0.725. The Balaban J connectivity index is 1.95. The molecule has 0 unspecified atom stereocenters. The van der Waals surface area contributed by atoms with E-state index in [0.29, 0.717) is 0 Å². The number of thioether (sulfide) groups is 1. The Morgan fingerprint density at radius 1 is 1.37 bits per heavy atom. The van der Waals surface area contributed by atoms with Crippen molar-refractivity contribution in [3.05, 3.63) is 34.4 Å². The molecule has 0 fully saturated rings. The lowest BCUT2D eigenvalue weighted by Gasteiger charge is -2.13. The van der Waals surface area contributed by atoms with Gasteiger partial charge in [-0.1, -0.05) is 0 Å². The maximum atomic E-state index is 4.41. The predicted molar refractivity (Wildman–Crippen MR) is 85.2 cm³/mol. The molecule has 0 aromatic carbocycles. The second-order valence-electron chi connectivity index (χ2n) is 4.30. The molecular formula is C13H18N4S2. The molecule has 1 N–H and O–H groups in total. The first-order valence-electron chi connectivity index (χ1n) is 5.99. The number of anilines is 2. The number of aromatic nitrogens is 2. The fourth-order valence-electron chi connectivity index (χ4n) is 1.60. The number of rotatable bonds is 6. The third kappa shape index (κ3) is 4.11. The molecule has 0 atom stereocenters. The molecule has 19 heavy (non-hydrogen) atoms. The van der Waals surface area contributed by atoms with E-state index in [1.54, 1.807) is 11.3 Å². The van der Waals surface area contributed by atoms with Crippen molar-refractivity contribution in [1.29, 1.82) is 0 Å². The smallest absolute Gasteiger partial charge is 0.128 e. The summed E-state index contributed by atoms with van der Waals surface area (Å²) in [6.45, 7) is 0.725. The van der Waals surface area contributed by atoms with E-state index in [1.807, 2.05) is 50.4 Å². The van der Waals surface area contributed by atoms with Gasteiger partial charge < -0.3 is 10.2 Å². The topological polar surface area (TPSA) is 41.1 Å². The largest absolute Gasteiger partial charge is 0.378 e. The molecule has 0 radical (unpaired) electrons. The number of nitrogens with zero attached hydrogens (tertiary/aromatic N) is 3. The van der Waals surface area contributed by atoms with E-state index in [1.165, 1.54) is 4.88 Å². The molecule has 0 amide bonds. The molecule has 0 saturated carbocycles. The summed E-state index contributed by atoms with van der Waals surface area (Å²) >= 11 is 3.57. The third-order valence-electron chi connectivity index (χ3n) is 2.57. The lowest BCUT2D eigenvalue weighted by Crippen LogP contribution is -2.09. The summed E-state index contributed by atoms with van der Waals surface area (Å²) in [6.07, 6.45) is 5.88. The summed E-state index contributed by atoms with van der Waals surface area (Å²) in [5.41, 5.74) is 1.14. The molecule has 0 bridgehead atoms. The second-order valence-corrected chi connectivity index (χ2v) is 6.37. The van der Waals surface area contributed by atoms with E-state index in [0.717, 1.165) is 28.8 Å². The van der Waals surface area contributed by atoms with Gasteiger partial charge in [0.2, 0.25) is 0 Å². The molecule has 102 valence electrons. The van der Waals surface area contributed by atoms with Gasteiger partial charge in [-0.2, -0.15) is 11.8 Å². The normalized spacial score (nSPS) is 10.5. The molecule has 0 saturated heterocycles. The van der Waals surface area contributed by atoms with Crippen LogP contribution in [0.3, 0.4) is 0 Å². The molecule has 0 aliphatic carbocycles. The Morgan fingerprint density at radius 2 is 2.21 bits per heavy atom. The fourth-order valence-corrected chi connectivity index (χ4v) is 3.21. The highest BCUT2D eigenvalue weighted by Crippen LogP contribution is 2.19. The fraction of sp³-hybridized carbons (Fsp3) is 0.385. The van der Waals surface area contributed by atoms with E-state index in [2.05, 4.69) is 26.4 Å². The lowest BCUT2D eigenvalue weighted by molar-refractivity contribution is 1.07. The first-order valence-corrected chi connectivity index (χ1v) is 8.20. The molecule has 2 rings (SSSR count). The average Bonchev–Trinajstić information content (AvgIpc) is 2.85. The maximum Gasteiger partial charge on any atom is 0.128 e. The van der Waals surface area contributed by atoms with Crippen LogP contribution in [0.1, 0.15) is 9.88 Å². The van der Waals surface area contributed by atoms with Crippen LogP contribution in [0.25, 0.3) is 0 Å². The quantitative estimate of drug-likeness (QED) is 0.886. The molecule has 2 aromatic heterocycles. The van der Waals surface area contributed by atoms with Gasteiger partial charge in [0.25, 0.3) is 0 Å². The second kappa shape index (κ2) is 6.77. The zero-order chi connectivity index (χ0) is 13.7. The van der Waals surface area contributed by atoms with Crippen LogP contribution in [0.5, 0.6) is 0 Å². The van der Waals surface area contributed by atoms with Gasteiger partial charge in [0.05, 0.1) is 6.54 Å². The summed E-state index contributed by atoms with van der Waals surface area (Å²) in [5, 5.41) is 4.41. The Labute approximate surface area is 122 Å². The Morgan fingerprint density at radius 3 is 2.95 bits per heavy atom. The van der Waals surface area contributed by atoms with Crippen molar-refractivity contribution in [3.63, 3.8) is 0 Å². The summed E-state index contributed by atoms with van der Waals surface area (Å²) in [7, 11) is 4.04. The van der Waals surface area contributed by atoms with Crippen LogP contribution in [0, 0.1) is 0 Å². The van der Waals surface area contributed by atoms with Crippen LogP contribution >= 0.6 is 23.1 Å². The molecule has 0 aliphatic rings. The van der Waals surface area contributed by atoms with Gasteiger partial charge in [0, 0.05) is 48.9 Å². The lowest BCUT2D eigenvalue weighted by atomic mass is 10.3. The zero-order valence-electron chi connectivity index (χ0n) is 11.4. The number of hydrogen-bond acceptors (Lipinski definition) is 6. The molecule has 0 aliphatic heterocycles. The minimum Gasteiger partial charge on any atom is -0.378 e. The first kappa shape index (κ1) is 14.1. The van der Waals surface area contributed by atoms with E-state index in [4.69, 9.17) is 0 Å². The van der Waals surface area contributed by atoms with E-state index >= 15 is 0 Å². The van der Waals surface area contributed by atoms with E-state index < -0.39 is 0 Å². The van der Waals surface area contributed by atoms with Crippen molar-refractivity contribution in [2.24, 2.45) is 0 Å². The van der Waals surface area contributed by atoms with E-state index in [-0.39, 0.29) is 0 Å². The molecule has 4 nitrogen and oxygen atoms in total. The van der Waals surface area contributed by atoms with Gasteiger partial charge in [-0.05, 0) is 12.3 Å². The van der Waals surface area contributed by atoms with Gasteiger partial charge in [-0.25, -0.2) is 9.97 Å². The molecule has 2 aromatic rings. The minimum atomic E-state index is 0.725. The highest BCUT2D eigenvalue weighted by molar-refractivity contribution is 7.97. The van der Waals surface area contributed by atoms with Crippen molar-refractivity contribution >= 4 is 34.6 Å².